The molecule has 0 spiro atoms. The molecule has 3 fully saturated rings. The van der Waals surface area contributed by atoms with Crippen LogP contribution in [0.2, 0.25) is 0 Å². The predicted molar refractivity (Wildman–Crippen MR) is 104 cm³/mol. The maximum atomic E-state index is 13.5. The van der Waals surface area contributed by atoms with Crippen molar-refractivity contribution in [3.8, 4) is 0 Å². The molecule has 0 radical (unpaired) electrons. The highest BCUT2D eigenvalue weighted by Crippen LogP contribution is 2.34. The van der Waals surface area contributed by atoms with Crippen LogP contribution in [0.5, 0.6) is 0 Å². The van der Waals surface area contributed by atoms with Crippen molar-refractivity contribution >= 4 is 28.7 Å². The fourth-order valence-corrected chi connectivity index (χ4v) is 4.12. The molecular weight excluding hydrogens is 395 g/mol. The van der Waals surface area contributed by atoms with Crippen molar-refractivity contribution in [2.45, 2.75) is 18.5 Å². The minimum Gasteiger partial charge on any atom is -0.352 e. The number of benzene rings is 1. The highest BCUT2D eigenvalue weighted by Gasteiger charge is 2.45. The number of nitrogens with one attached hydrogen (secondary N) is 1. The number of rotatable bonds is 5. The molecule has 3 aliphatic heterocycles. The molecule has 2 aromatic heterocycles. The number of nitro benzene ring substituents is 1. The highest BCUT2D eigenvalue weighted by molar-refractivity contribution is 5.92. The molecule has 2 atom stereocenters. The Morgan fingerprint density at radius 2 is 2.07 bits per heavy atom. The minimum atomic E-state index is -0.936. The molecule has 1 N–H and O–H groups in total. The number of carbonyl (C=O) groups excluding carboxylic acids is 1. The van der Waals surface area contributed by atoms with Crippen LogP contribution in [0, 0.1) is 15.9 Å². The van der Waals surface area contributed by atoms with Crippen molar-refractivity contribution < 1.29 is 14.1 Å². The standard InChI is InChI=1S/C18H17FN8O3/c19-14-2-1-11(5-15(14)27(29)30)21-18(28)9-25-12-6-13(25)8-24(7-12)17-4-3-16-22-20-10-26(16)23-17/h1-5,10,12-13H,6-9H2,(H,21,28). The third-order valence-corrected chi connectivity index (χ3v) is 5.57. The summed E-state index contributed by atoms with van der Waals surface area (Å²) in [7, 11) is 0. The quantitative estimate of drug-likeness (QED) is 0.488. The molecule has 154 valence electrons. The number of anilines is 2. The van der Waals surface area contributed by atoms with Gasteiger partial charge in [0.2, 0.25) is 11.7 Å². The molecule has 11 nitrogen and oxygen atoms in total. The lowest BCUT2D eigenvalue weighted by molar-refractivity contribution is -0.387. The van der Waals surface area contributed by atoms with E-state index >= 15 is 0 Å². The minimum absolute atomic E-state index is 0.173. The van der Waals surface area contributed by atoms with Gasteiger partial charge in [0.1, 0.15) is 12.1 Å². The van der Waals surface area contributed by atoms with E-state index in [4.69, 9.17) is 0 Å². The zero-order valence-electron chi connectivity index (χ0n) is 15.7. The number of nitro groups is 1. The van der Waals surface area contributed by atoms with Gasteiger partial charge in [0, 0.05) is 36.9 Å². The monoisotopic (exact) mass is 412 g/mol. The van der Waals surface area contributed by atoms with E-state index in [0.717, 1.165) is 37.5 Å². The van der Waals surface area contributed by atoms with Gasteiger partial charge in [0.25, 0.3) is 0 Å². The van der Waals surface area contributed by atoms with E-state index in [1.54, 1.807) is 10.8 Å². The first-order valence-electron chi connectivity index (χ1n) is 9.39. The molecule has 0 saturated carbocycles. The van der Waals surface area contributed by atoms with Gasteiger partial charge >= 0.3 is 5.69 Å². The van der Waals surface area contributed by atoms with Crippen LogP contribution in [0.3, 0.4) is 0 Å². The smallest absolute Gasteiger partial charge is 0.306 e. The number of hydrogen-bond donors (Lipinski definition) is 1. The Morgan fingerprint density at radius 3 is 2.83 bits per heavy atom. The molecular formula is C18H17FN8O3. The molecule has 1 aromatic carbocycles. The molecule has 2 bridgehead atoms. The van der Waals surface area contributed by atoms with E-state index in [2.05, 4.69) is 30.4 Å². The summed E-state index contributed by atoms with van der Waals surface area (Å²) in [6.45, 7) is 1.66. The number of carbonyl (C=O) groups is 1. The number of halogens is 1. The van der Waals surface area contributed by atoms with Crippen molar-refractivity contribution in [1.29, 1.82) is 0 Å². The lowest BCUT2D eigenvalue weighted by atomic mass is 9.87. The Morgan fingerprint density at radius 1 is 1.27 bits per heavy atom. The van der Waals surface area contributed by atoms with Crippen molar-refractivity contribution in [1.82, 2.24) is 24.7 Å². The number of piperidine rings is 1. The van der Waals surface area contributed by atoms with Crippen molar-refractivity contribution in [3.05, 3.63) is 52.6 Å². The lowest BCUT2D eigenvalue weighted by Gasteiger charge is -2.56. The average molecular weight is 412 g/mol. The average Bonchev–Trinajstić information content (AvgIpc) is 3.21. The number of fused-ring (bicyclic) bond motifs is 3. The Bertz CT molecular complexity index is 1140. The first-order chi connectivity index (χ1) is 14.5. The van der Waals surface area contributed by atoms with Gasteiger partial charge in [-0.3, -0.25) is 19.8 Å². The molecule has 2 unspecified atom stereocenters. The van der Waals surface area contributed by atoms with E-state index in [-0.39, 0.29) is 30.2 Å². The van der Waals surface area contributed by atoms with Crippen LogP contribution in [0.1, 0.15) is 6.42 Å². The summed E-state index contributed by atoms with van der Waals surface area (Å²) in [5.41, 5.74) is 0.217. The number of nitrogens with zero attached hydrogens (tertiary/aromatic N) is 7. The fraction of sp³-hybridized carbons (Fsp3) is 0.333. The van der Waals surface area contributed by atoms with Gasteiger partial charge in [-0.05, 0) is 30.7 Å². The molecule has 3 saturated heterocycles. The Balaban J connectivity index is 1.21. The third kappa shape index (κ3) is 3.20. The van der Waals surface area contributed by atoms with Crippen LogP contribution in [-0.2, 0) is 4.79 Å². The second kappa shape index (κ2) is 6.99. The largest absolute Gasteiger partial charge is 0.352 e. The summed E-state index contributed by atoms with van der Waals surface area (Å²) < 4.78 is 15.1. The zero-order chi connectivity index (χ0) is 20.8. The first-order valence-corrected chi connectivity index (χ1v) is 9.39. The van der Waals surface area contributed by atoms with Gasteiger partial charge in [-0.2, -0.15) is 8.91 Å². The molecule has 30 heavy (non-hydrogen) atoms. The molecule has 6 rings (SSSR count). The van der Waals surface area contributed by atoms with E-state index in [9.17, 15) is 19.3 Å². The van der Waals surface area contributed by atoms with Crippen LogP contribution in [-0.4, -0.2) is 67.3 Å². The van der Waals surface area contributed by atoms with Gasteiger partial charge in [-0.25, -0.2) is 0 Å². The van der Waals surface area contributed by atoms with Gasteiger partial charge in [0.05, 0.1) is 11.5 Å². The van der Waals surface area contributed by atoms with Crippen LogP contribution in [0.25, 0.3) is 5.65 Å². The van der Waals surface area contributed by atoms with E-state index in [0.29, 0.717) is 5.65 Å². The number of hydrogen-bond acceptors (Lipinski definition) is 8. The molecule has 12 heteroatoms. The van der Waals surface area contributed by atoms with Gasteiger partial charge in [0.15, 0.2) is 5.65 Å². The summed E-state index contributed by atoms with van der Waals surface area (Å²) >= 11 is 0. The van der Waals surface area contributed by atoms with E-state index in [1.165, 1.54) is 6.07 Å². The van der Waals surface area contributed by atoms with Gasteiger partial charge < -0.3 is 10.2 Å². The first kappa shape index (κ1) is 18.4. The summed E-state index contributed by atoms with van der Waals surface area (Å²) in [5, 5.41) is 25.8. The number of aromatic nitrogens is 4. The normalized spacial score (nSPS) is 20.8. The Kier molecular flexibility index (Phi) is 4.28. The molecule has 3 aliphatic rings. The Labute approximate surface area is 169 Å². The molecule has 3 aromatic rings. The fourth-order valence-electron chi connectivity index (χ4n) is 4.12. The second-order valence-corrected chi connectivity index (χ2v) is 7.42. The summed E-state index contributed by atoms with van der Waals surface area (Å²) in [4.78, 5) is 26.8. The zero-order valence-corrected chi connectivity index (χ0v) is 15.7. The molecule has 1 amide bonds. The van der Waals surface area contributed by atoms with Crippen LogP contribution in [0.4, 0.5) is 21.6 Å². The Hall–Kier alpha value is -3.67. The lowest BCUT2D eigenvalue weighted by Crippen LogP contribution is -2.69. The van der Waals surface area contributed by atoms with Crippen molar-refractivity contribution in [2.75, 3.05) is 29.9 Å². The van der Waals surface area contributed by atoms with Crippen LogP contribution in [0.15, 0.2) is 36.7 Å². The third-order valence-electron chi connectivity index (χ3n) is 5.57. The van der Waals surface area contributed by atoms with E-state index < -0.39 is 16.4 Å². The van der Waals surface area contributed by atoms with Crippen molar-refractivity contribution in [3.63, 3.8) is 0 Å². The highest BCUT2D eigenvalue weighted by atomic mass is 19.1. The second-order valence-electron chi connectivity index (χ2n) is 7.42. The van der Waals surface area contributed by atoms with E-state index in [1.807, 2.05) is 12.1 Å². The molecule has 0 aliphatic carbocycles. The van der Waals surface area contributed by atoms with Crippen LogP contribution >= 0.6 is 0 Å². The summed E-state index contributed by atoms with van der Waals surface area (Å²) in [6, 6.07) is 7.52. The topological polar surface area (TPSA) is 122 Å². The maximum Gasteiger partial charge on any atom is 0.306 e. The van der Waals surface area contributed by atoms with Gasteiger partial charge in [-0.15, -0.1) is 15.3 Å². The predicted octanol–water partition coefficient (Wildman–Crippen LogP) is 1.07. The number of amides is 1. The van der Waals surface area contributed by atoms with Crippen molar-refractivity contribution in [2.24, 2.45) is 0 Å². The maximum absolute atomic E-state index is 13.5. The molecule has 5 heterocycles. The number of piperazine rings is 1. The van der Waals surface area contributed by atoms with Crippen LogP contribution < -0.4 is 10.2 Å². The summed E-state index contributed by atoms with van der Waals surface area (Å²) in [5.74, 6) is -0.392. The van der Waals surface area contributed by atoms with Gasteiger partial charge in [-0.1, -0.05) is 0 Å². The SMILES string of the molecule is O=C(CN1C2CC1CN(c1ccc3nncn3n1)C2)Nc1ccc(F)c([N+](=O)[O-])c1. The summed E-state index contributed by atoms with van der Waals surface area (Å²) in [6.07, 6.45) is 2.56.